The van der Waals surface area contributed by atoms with Gasteiger partial charge in [-0.2, -0.15) is 5.10 Å². The van der Waals surface area contributed by atoms with Gasteiger partial charge in [-0.3, -0.25) is 14.6 Å². The molecule has 0 fully saturated rings. The highest BCUT2D eigenvalue weighted by Crippen LogP contribution is 2.28. The average molecular weight is 542 g/mol. The number of hydrogen-bond acceptors (Lipinski definition) is 5. The zero-order valence-electron chi connectivity index (χ0n) is 16.6. The van der Waals surface area contributed by atoms with Crippen LogP contribution < -0.4 is 10.7 Å². The summed E-state index contributed by atoms with van der Waals surface area (Å²) in [5.41, 5.74) is 2.64. The van der Waals surface area contributed by atoms with Crippen molar-refractivity contribution in [3.63, 3.8) is 0 Å². The molecule has 10 nitrogen and oxygen atoms in total. The molecule has 0 unspecified atom stereocenters. The van der Waals surface area contributed by atoms with Gasteiger partial charge in [0.1, 0.15) is 10.3 Å². The van der Waals surface area contributed by atoms with E-state index in [0.717, 1.165) is 5.01 Å². The van der Waals surface area contributed by atoms with Gasteiger partial charge in [0, 0.05) is 24.3 Å². The second-order valence-electron chi connectivity index (χ2n) is 6.45. The van der Waals surface area contributed by atoms with Crippen molar-refractivity contribution in [3.8, 4) is 5.82 Å². The molecule has 13 heteroatoms. The normalized spacial score (nSPS) is 10.5. The van der Waals surface area contributed by atoms with E-state index in [9.17, 15) is 14.4 Å². The molecule has 0 saturated heterocycles. The summed E-state index contributed by atoms with van der Waals surface area (Å²) in [7, 11) is 1.23. The molecular formula is C19H15BrCl2N6O4. The van der Waals surface area contributed by atoms with Gasteiger partial charge in [0.15, 0.2) is 5.82 Å². The molecular weight excluding hydrogens is 527 g/mol. The van der Waals surface area contributed by atoms with Crippen LogP contribution in [0, 0.1) is 6.92 Å². The largest absolute Gasteiger partial charge is 0.464 e. The number of amides is 3. The van der Waals surface area contributed by atoms with Crippen LogP contribution in [0.2, 0.25) is 10.0 Å². The summed E-state index contributed by atoms with van der Waals surface area (Å²) < 4.78 is 1.62. The number of carboxylic acid groups (broad SMARTS) is 1. The number of nitrogens with one attached hydrogen (secondary N) is 2. The van der Waals surface area contributed by atoms with Crippen molar-refractivity contribution in [2.45, 2.75) is 6.92 Å². The second-order valence-corrected chi connectivity index (χ2v) is 8.11. The first kappa shape index (κ1) is 23.5. The van der Waals surface area contributed by atoms with Crippen molar-refractivity contribution in [1.29, 1.82) is 0 Å². The molecule has 2 heterocycles. The molecule has 3 aromatic rings. The first-order valence-corrected chi connectivity index (χ1v) is 10.4. The van der Waals surface area contributed by atoms with E-state index in [4.69, 9.17) is 28.3 Å². The Kier molecular flexibility index (Phi) is 7.02. The number of halogens is 3. The van der Waals surface area contributed by atoms with Crippen LogP contribution in [0.25, 0.3) is 5.82 Å². The number of hydrogen-bond donors (Lipinski definition) is 3. The standard InChI is InChI=1S/C19H15BrCl2N6O4/c1-9-6-10(21)7-11(18(30)27(2)26-19(31)32)15(9)24-17(29)13-8-14(20)25-28(13)16-12(22)4-3-5-23-16/h3-8,26H,1-2H3,(H,24,29)(H,31,32). The number of anilines is 1. The zero-order chi connectivity index (χ0) is 23.6. The third kappa shape index (κ3) is 5.01. The minimum Gasteiger partial charge on any atom is -0.464 e. The van der Waals surface area contributed by atoms with Crippen LogP contribution in [0.1, 0.15) is 26.4 Å². The van der Waals surface area contributed by atoms with Gasteiger partial charge in [-0.05, 0) is 52.7 Å². The molecule has 0 aliphatic carbocycles. The van der Waals surface area contributed by atoms with Crippen molar-refractivity contribution in [2.24, 2.45) is 0 Å². The number of nitrogens with zero attached hydrogens (tertiary/aromatic N) is 4. The summed E-state index contributed by atoms with van der Waals surface area (Å²) in [4.78, 5) is 41.0. The van der Waals surface area contributed by atoms with E-state index in [1.165, 1.54) is 30.1 Å². The molecule has 3 rings (SSSR count). The Labute approximate surface area is 200 Å². The van der Waals surface area contributed by atoms with E-state index < -0.39 is 17.9 Å². The third-order valence-corrected chi connectivity index (χ3v) is 5.09. The number of rotatable bonds is 4. The predicted molar refractivity (Wildman–Crippen MR) is 121 cm³/mol. The first-order chi connectivity index (χ1) is 15.1. The lowest BCUT2D eigenvalue weighted by molar-refractivity contribution is 0.0706. The molecule has 0 bridgehead atoms. The number of carbonyl (C=O) groups is 3. The van der Waals surface area contributed by atoms with Gasteiger partial charge in [-0.15, -0.1) is 0 Å². The van der Waals surface area contributed by atoms with E-state index in [0.29, 0.717) is 10.2 Å². The van der Waals surface area contributed by atoms with Crippen molar-refractivity contribution in [2.75, 3.05) is 12.4 Å². The van der Waals surface area contributed by atoms with Gasteiger partial charge in [0.25, 0.3) is 11.8 Å². The van der Waals surface area contributed by atoms with Crippen LogP contribution in [0.4, 0.5) is 10.5 Å². The molecule has 2 aromatic heterocycles. The fraction of sp³-hybridized carbons (Fsp3) is 0.105. The predicted octanol–water partition coefficient (Wildman–Crippen LogP) is 4.15. The summed E-state index contributed by atoms with van der Waals surface area (Å²) in [5.74, 6) is -1.10. The van der Waals surface area contributed by atoms with Crippen LogP contribution in [0.3, 0.4) is 0 Å². The van der Waals surface area contributed by atoms with Crippen LogP contribution in [-0.2, 0) is 0 Å². The van der Waals surface area contributed by atoms with Gasteiger partial charge in [0.05, 0.1) is 16.3 Å². The maximum Gasteiger partial charge on any atom is 0.423 e. The highest BCUT2D eigenvalue weighted by Gasteiger charge is 2.24. The van der Waals surface area contributed by atoms with Crippen molar-refractivity contribution < 1.29 is 19.5 Å². The molecule has 3 N–H and O–H groups in total. The molecule has 166 valence electrons. The Balaban J connectivity index is 2.02. The molecule has 3 amide bonds. The first-order valence-electron chi connectivity index (χ1n) is 8.84. The van der Waals surface area contributed by atoms with Gasteiger partial charge >= 0.3 is 6.09 Å². The van der Waals surface area contributed by atoms with Gasteiger partial charge in [0.2, 0.25) is 0 Å². The van der Waals surface area contributed by atoms with Crippen LogP contribution in [0.5, 0.6) is 0 Å². The van der Waals surface area contributed by atoms with E-state index >= 15 is 0 Å². The Hall–Kier alpha value is -3.15. The molecule has 0 aliphatic heterocycles. The zero-order valence-corrected chi connectivity index (χ0v) is 19.7. The lowest BCUT2D eigenvalue weighted by Gasteiger charge is -2.20. The summed E-state index contributed by atoms with van der Waals surface area (Å²) in [5, 5.41) is 17.1. The molecule has 0 radical (unpaired) electrons. The quantitative estimate of drug-likeness (QED) is 0.425. The van der Waals surface area contributed by atoms with Gasteiger partial charge in [-0.25, -0.2) is 19.9 Å². The molecule has 1 aromatic carbocycles. The third-order valence-electron chi connectivity index (χ3n) is 4.19. The monoisotopic (exact) mass is 540 g/mol. The fourth-order valence-electron chi connectivity index (χ4n) is 2.84. The van der Waals surface area contributed by atoms with Crippen LogP contribution in [-0.4, -0.2) is 49.8 Å². The summed E-state index contributed by atoms with van der Waals surface area (Å²) >= 11 is 15.5. The highest BCUT2D eigenvalue weighted by atomic mass is 79.9. The van der Waals surface area contributed by atoms with Gasteiger partial charge in [-0.1, -0.05) is 23.2 Å². The average Bonchev–Trinajstić information content (AvgIpc) is 3.10. The van der Waals surface area contributed by atoms with Crippen LogP contribution >= 0.6 is 39.1 Å². The molecule has 32 heavy (non-hydrogen) atoms. The Bertz CT molecular complexity index is 1230. The maximum atomic E-state index is 13.2. The SMILES string of the molecule is Cc1cc(Cl)cc(C(=O)N(C)NC(=O)O)c1NC(=O)c1cc(Br)nn1-c1ncccc1Cl. The smallest absolute Gasteiger partial charge is 0.423 e. The van der Waals surface area contributed by atoms with Crippen molar-refractivity contribution >= 4 is 62.7 Å². The minimum absolute atomic E-state index is 0.0133. The second kappa shape index (κ2) is 9.55. The number of aryl methyl sites for hydroxylation is 1. The van der Waals surface area contributed by atoms with E-state index in [1.807, 2.05) is 5.43 Å². The number of pyridine rings is 1. The fourth-order valence-corrected chi connectivity index (χ4v) is 3.69. The van der Waals surface area contributed by atoms with E-state index in [-0.39, 0.29) is 32.8 Å². The Morgan fingerprint density at radius 1 is 1.22 bits per heavy atom. The lowest BCUT2D eigenvalue weighted by atomic mass is 10.1. The van der Waals surface area contributed by atoms with Crippen LogP contribution in [0.15, 0.2) is 41.1 Å². The van der Waals surface area contributed by atoms with E-state index in [1.54, 1.807) is 25.1 Å². The number of carbonyl (C=O) groups excluding carboxylic acids is 2. The number of benzene rings is 1. The lowest BCUT2D eigenvalue weighted by Crippen LogP contribution is -2.42. The molecule has 0 spiro atoms. The Morgan fingerprint density at radius 3 is 2.59 bits per heavy atom. The number of hydrazine groups is 1. The van der Waals surface area contributed by atoms with Crippen molar-refractivity contribution in [1.82, 2.24) is 25.2 Å². The topological polar surface area (TPSA) is 129 Å². The highest BCUT2D eigenvalue weighted by molar-refractivity contribution is 9.10. The van der Waals surface area contributed by atoms with Crippen molar-refractivity contribution in [3.05, 3.63) is 68.0 Å². The minimum atomic E-state index is -1.42. The molecule has 0 saturated carbocycles. The summed E-state index contributed by atoms with van der Waals surface area (Å²) in [6.45, 7) is 1.64. The van der Waals surface area contributed by atoms with Gasteiger partial charge < -0.3 is 10.4 Å². The number of aromatic nitrogens is 3. The maximum absolute atomic E-state index is 13.2. The Morgan fingerprint density at radius 2 is 1.94 bits per heavy atom. The molecule has 0 atom stereocenters. The summed E-state index contributed by atoms with van der Waals surface area (Å²) in [6, 6.07) is 7.59. The van der Waals surface area contributed by atoms with E-state index in [2.05, 4.69) is 31.3 Å². The molecule has 0 aliphatic rings. The summed E-state index contributed by atoms with van der Waals surface area (Å²) in [6.07, 6.45) is 0.0790.